The van der Waals surface area contributed by atoms with Crippen LogP contribution in [0.3, 0.4) is 0 Å². The van der Waals surface area contributed by atoms with Crippen LogP contribution in [0.5, 0.6) is 0 Å². The maximum atomic E-state index is 11.6. The summed E-state index contributed by atoms with van der Waals surface area (Å²) in [6.45, 7) is 0. The average Bonchev–Trinajstić information content (AvgIpc) is 2.60. The molecule has 0 saturated carbocycles. The third-order valence-electron chi connectivity index (χ3n) is 3.31. The van der Waals surface area contributed by atoms with Crippen molar-refractivity contribution in [2.75, 3.05) is 0 Å². The normalized spacial score (nSPS) is 11.2. The number of nitrogens with zero attached hydrogens (tertiary/aromatic N) is 6. The Morgan fingerprint density at radius 3 is 1.38 bits per heavy atom. The number of benzene rings is 2. The largest absolute Gasteiger partial charge is 0.295 e. The summed E-state index contributed by atoms with van der Waals surface area (Å²) >= 11 is 0. The summed E-state index contributed by atoms with van der Waals surface area (Å²) in [7, 11) is -9.38. The smallest absolute Gasteiger partial charge is 0.282 e. The van der Waals surface area contributed by atoms with Gasteiger partial charge in [-0.2, -0.15) is 16.8 Å². The van der Waals surface area contributed by atoms with Gasteiger partial charge < -0.3 is 0 Å². The van der Waals surface area contributed by atoms with Crippen molar-refractivity contribution in [3.8, 4) is 0 Å². The van der Waals surface area contributed by atoms with Crippen LogP contribution in [0.2, 0.25) is 0 Å². The van der Waals surface area contributed by atoms with E-state index in [0.29, 0.717) is 0 Å². The molecule has 0 heterocycles. The van der Waals surface area contributed by atoms with Gasteiger partial charge in [-0.25, -0.2) is 0 Å². The van der Waals surface area contributed by atoms with Crippen LogP contribution < -0.4 is 0 Å². The third-order valence-corrected chi connectivity index (χ3v) is 5.13. The summed E-state index contributed by atoms with van der Waals surface area (Å²) in [6, 6.07) is 6.88. The maximum absolute atomic E-state index is 11.6. The fourth-order valence-corrected chi connectivity index (χ4v) is 3.58. The second-order valence-corrected chi connectivity index (χ2v) is 7.89. The molecule has 0 bridgehead atoms. The zero-order valence-electron chi connectivity index (χ0n) is 14.6. The monoisotopic (exact) mass is 445 g/mol. The van der Waals surface area contributed by atoms with Crippen molar-refractivity contribution < 1.29 is 25.9 Å². The van der Waals surface area contributed by atoms with Crippen LogP contribution in [0.1, 0.15) is 11.1 Å². The Hall–Kier alpha value is -2.38. The van der Waals surface area contributed by atoms with Gasteiger partial charge in [-0.1, -0.05) is 46.6 Å². The van der Waals surface area contributed by atoms with Crippen LogP contribution in [0.15, 0.2) is 56.4 Å². The summed E-state index contributed by atoms with van der Waals surface area (Å²) in [5.74, 6) is 0. The number of hydrogen-bond donors (Lipinski definition) is 2. The van der Waals surface area contributed by atoms with Crippen molar-refractivity contribution in [2.45, 2.75) is 9.79 Å². The molecule has 29 heavy (non-hydrogen) atoms. The van der Waals surface area contributed by atoms with Crippen LogP contribution in [0, 0.1) is 0 Å². The molecule has 0 aliphatic rings. The summed E-state index contributed by atoms with van der Waals surface area (Å²) in [6.07, 6.45) is 2.33. The summed E-state index contributed by atoms with van der Waals surface area (Å²) in [4.78, 5) is 3.88. The van der Waals surface area contributed by atoms with Crippen molar-refractivity contribution in [1.29, 1.82) is 0 Å². The summed E-state index contributed by atoms with van der Waals surface area (Å²) in [5, 5.41) is 6.49. The first kappa shape index (κ1) is 24.7. The van der Waals surface area contributed by atoms with E-state index in [2.05, 4.69) is 20.1 Å². The van der Waals surface area contributed by atoms with E-state index in [1.807, 2.05) is 0 Å². The van der Waals surface area contributed by atoms with Gasteiger partial charge in [0.1, 0.15) is 9.79 Å². The molecule has 0 amide bonds. The zero-order chi connectivity index (χ0) is 20.9. The summed E-state index contributed by atoms with van der Waals surface area (Å²) < 4.78 is 65.0. The predicted octanol–water partition coefficient (Wildman–Crippen LogP) is 3.85. The first-order chi connectivity index (χ1) is 13.1. The van der Waals surface area contributed by atoms with Crippen LogP contribution in [0.4, 0.5) is 11.4 Å². The molecule has 0 saturated heterocycles. The predicted molar refractivity (Wildman–Crippen MR) is 105 cm³/mol. The number of azide groups is 2. The standard InChI is InChI=1S/C14H10N6O6S2.Na/c15-19-17-11-5-3-9(13(7-11)27(21,22)23)1-2-10-4-6-12(18-20-16)8-14(10)28(24,25)26;/h1-8H,(H,21,22,23)(H,24,25,26);. The molecule has 145 valence electrons. The minimum Gasteiger partial charge on any atom is -0.282 e. The van der Waals surface area contributed by atoms with E-state index in [4.69, 9.17) is 11.1 Å². The fraction of sp³-hybridized carbons (Fsp3) is 0. The van der Waals surface area contributed by atoms with Crippen LogP contribution in [0.25, 0.3) is 33.0 Å². The van der Waals surface area contributed by atoms with Crippen LogP contribution in [-0.4, -0.2) is 55.5 Å². The molecule has 0 unspecified atom stereocenters. The fourth-order valence-electron chi connectivity index (χ4n) is 2.18. The molecule has 2 N–H and O–H groups in total. The van der Waals surface area contributed by atoms with Crippen molar-refractivity contribution >= 4 is 73.3 Å². The Bertz CT molecular complexity index is 1180. The minimum atomic E-state index is -4.69. The van der Waals surface area contributed by atoms with Gasteiger partial charge in [0.05, 0.1) is 0 Å². The van der Waals surface area contributed by atoms with E-state index in [9.17, 15) is 25.9 Å². The van der Waals surface area contributed by atoms with E-state index in [0.717, 1.165) is 12.1 Å². The Morgan fingerprint density at radius 1 is 0.759 bits per heavy atom. The molecule has 12 nitrogen and oxygen atoms in total. The molecule has 2 aromatic carbocycles. The molecule has 0 aromatic heterocycles. The van der Waals surface area contributed by atoms with Crippen molar-refractivity contribution in [3.63, 3.8) is 0 Å². The number of hydrogen-bond acceptors (Lipinski definition) is 6. The second kappa shape index (κ2) is 9.89. The van der Waals surface area contributed by atoms with Crippen molar-refractivity contribution in [2.24, 2.45) is 10.2 Å². The van der Waals surface area contributed by atoms with Gasteiger partial charge in [0.2, 0.25) is 0 Å². The SMILES string of the molecule is [N-]=[N+]=Nc1ccc(C=Cc2ccc(N=[N+]=[N-])cc2S(=O)(=O)O)c(S(=O)(=O)O)c1.[Na]. The molecule has 1 radical (unpaired) electrons. The Kier molecular flexibility index (Phi) is 8.41. The first-order valence-corrected chi connectivity index (χ1v) is 9.95. The second-order valence-electron chi connectivity index (χ2n) is 5.11. The molecule has 0 atom stereocenters. The van der Waals surface area contributed by atoms with Gasteiger partial charge in [-0.05, 0) is 34.3 Å². The van der Waals surface area contributed by atoms with E-state index in [1.165, 1.54) is 36.4 Å². The summed E-state index contributed by atoms with van der Waals surface area (Å²) in [5.41, 5.74) is 16.6. The molecule has 0 aliphatic carbocycles. The van der Waals surface area contributed by atoms with Gasteiger partial charge >= 0.3 is 0 Å². The van der Waals surface area contributed by atoms with E-state index < -0.39 is 30.0 Å². The van der Waals surface area contributed by atoms with Crippen LogP contribution >= 0.6 is 0 Å². The number of rotatable bonds is 6. The zero-order valence-corrected chi connectivity index (χ0v) is 18.3. The Balaban J connectivity index is 0.00000420. The van der Waals surface area contributed by atoms with E-state index in [-0.39, 0.29) is 52.1 Å². The first-order valence-electron chi connectivity index (χ1n) is 7.07. The minimum absolute atomic E-state index is 0. The molecular weight excluding hydrogens is 435 g/mol. The molecule has 0 aliphatic heterocycles. The van der Waals surface area contributed by atoms with Crippen LogP contribution in [-0.2, 0) is 20.2 Å². The molecule has 2 aromatic rings. The topological polar surface area (TPSA) is 206 Å². The van der Waals surface area contributed by atoms with Crippen molar-refractivity contribution in [3.05, 3.63) is 68.4 Å². The Labute approximate surface area is 186 Å². The van der Waals surface area contributed by atoms with E-state index >= 15 is 0 Å². The quantitative estimate of drug-likeness (QED) is 0.168. The van der Waals surface area contributed by atoms with E-state index in [1.54, 1.807) is 0 Å². The van der Waals surface area contributed by atoms with Gasteiger partial charge in [-0.15, -0.1) is 0 Å². The third kappa shape index (κ3) is 6.58. The van der Waals surface area contributed by atoms with Gasteiger partial charge in [0.25, 0.3) is 20.2 Å². The molecular formula is C14H10N6NaO6S2. The average molecular weight is 445 g/mol. The molecule has 15 heteroatoms. The molecule has 0 spiro atoms. The van der Waals surface area contributed by atoms with Gasteiger partial charge in [0, 0.05) is 50.8 Å². The Morgan fingerprint density at radius 2 is 1.10 bits per heavy atom. The molecule has 2 rings (SSSR count). The van der Waals surface area contributed by atoms with Gasteiger partial charge in [-0.3, -0.25) is 9.11 Å². The van der Waals surface area contributed by atoms with Gasteiger partial charge in [0.15, 0.2) is 0 Å². The van der Waals surface area contributed by atoms with Crippen molar-refractivity contribution in [1.82, 2.24) is 0 Å². The maximum Gasteiger partial charge on any atom is 0.295 e. The molecule has 0 fully saturated rings.